The third-order valence-corrected chi connectivity index (χ3v) is 3.72. The number of nitrogens with zero attached hydrogens (tertiary/aromatic N) is 1. The van der Waals surface area contributed by atoms with Gasteiger partial charge in [-0.15, -0.1) is 0 Å². The maximum absolute atomic E-state index is 5.99. The molecule has 0 radical (unpaired) electrons. The number of hydrogen-bond donors (Lipinski definition) is 2. The summed E-state index contributed by atoms with van der Waals surface area (Å²) in [6.07, 6.45) is 0. The third-order valence-electron chi connectivity index (χ3n) is 3.72. The van der Waals surface area contributed by atoms with E-state index < -0.39 is 0 Å². The van der Waals surface area contributed by atoms with Crippen LogP contribution in [0.3, 0.4) is 0 Å². The third kappa shape index (κ3) is 4.74. The van der Waals surface area contributed by atoms with Crippen LogP contribution in [0.5, 0.6) is 5.75 Å². The Bertz CT molecular complexity index is 693. The number of ether oxygens (including phenoxy) is 1. The van der Waals surface area contributed by atoms with Crippen molar-refractivity contribution in [3.05, 3.63) is 59.2 Å². The molecule has 0 saturated heterocycles. The molecule has 3 N–H and O–H groups in total. The van der Waals surface area contributed by atoms with Gasteiger partial charge >= 0.3 is 0 Å². The lowest BCUT2D eigenvalue weighted by atomic mass is 10.0. The van der Waals surface area contributed by atoms with Crippen LogP contribution < -0.4 is 15.8 Å². The molecule has 23 heavy (non-hydrogen) atoms. The number of hydrogen-bond acceptors (Lipinski definition) is 2. The van der Waals surface area contributed by atoms with Gasteiger partial charge in [0.2, 0.25) is 0 Å². The van der Waals surface area contributed by atoms with Crippen molar-refractivity contribution in [2.75, 3.05) is 12.4 Å². The minimum absolute atomic E-state index is 0.416. The van der Waals surface area contributed by atoms with Gasteiger partial charge in [0.05, 0.1) is 13.7 Å². The molecule has 0 aliphatic heterocycles. The lowest BCUT2D eigenvalue weighted by Gasteiger charge is -2.10. The summed E-state index contributed by atoms with van der Waals surface area (Å²) in [5.41, 5.74) is 10.4. The molecule has 0 fully saturated rings. The molecule has 4 nitrogen and oxygen atoms in total. The zero-order valence-electron chi connectivity index (χ0n) is 14.3. The van der Waals surface area contributed by atoms with Crippen molar-refractivity contribution in [3.8, 4) is 5.75 Å². The fourth-order valence-corrected chi connectivity index (χ4v) is 2.38. The van der Waals surface area contributed by atoms with E-state index in [1.807, 2.05) is 31.2 Å². The van der Waals surface area contributed by atoms with E-state index in [-0.39, 0.29) is 0 Å². The molecule has 0 atom stereocenters. The fourth-order valence-electron chi connectivity index (χ4n) is 2.38. The number of methoxy groups -OCH3 is 1. The number of aryl methyl sites for hydroxylation is 1. The lowest BCUT2D eigenvalue weighted by molar-refractivity contribution is 0.411. The first kappa shape index (κ1) is 16.9. The number of benzene rings is 2. The highest BCUT2D eigenvalue weighted by atomic mass is 16.5. The first-order chi connectivity index (χ1) is 11.0. The first-order valence-electron chi connectivity index (χ1n) is 7.80. The Morgan fingerprint density at radius 2 is 2.00 bits per heavy atom. The van der Waals surface area contributed by atoms with E-state index in [1.165, 1.54) is 5.56 Å². The van der Waals surface area contributed by atoms with Crippen molar-refractivity contribution in [1.29, 1.82) is 0 Å². The van der Waals surface area contributed by atoms with Gasteiger partial charge in [-0.25, -0.2) is 4.99 Å². The van der Waals surface area contributed by atoms with Crippen LogP contribution in [-0.4, -0.2) is 13.1 Å². The maximum atomic E-state index is 5.99. The fraction of sp³-hybridized carbons (Fsp3) is 0.316. The van der Waals surface area contributed by atoms with E-state index in [0.717, 1.165) is 22.6 Å². The van der Waals surface area contributed by atoms with Gasteiger partial charge in [-0.2, -0.15) is 0 Å². The van der Waals surface area contributed by atoms with Gasteiger partial charge in [0.15, 0.2) is 5.96 Å². The summed E-state index contributed by atoms with van der Waals surface area (Å²) in [7, 11) is 1.67. The van der Waals surface area contributed by atoms with Crippen LogP contribution in [0.2, 0.25) is 0 Å². The predicted molar refractivity (Wildman–Crippen MR) is 97.2 cm³/mol. The van der Waals surface area contributed by atoms with Gasteiger partial charge in [0, 0.05) is 5.69 Å². The van der Waals surface area contributed by atoms with Crippen LogP contribution in [0, 0.1) is 6.92 Å². The van der Waals surface area contributed by atoms with Gasteiger partial charge in [-0.3, -0.25) is 0 Å². The Balaban J connectivity index is 2.03. The molecule has 0 amide bonds. The summed E-state index contributed by atoms with van der Waals surface area (Å²) in [5, 5.41) is 3.15. The number of guanidine groups is 1. The standard InChI is InChI=1S/C19H25N3O/c1-13(2)16-6-5-7-17(11-16)22-19(20)21-12-15-8-9-18(23-4)14(3)10-15/h5-11,13H,12H2,1-4H3,(H3,20,21,22). The zero-order valence-corrected chi connectivity index (χ0v) is 14.3. The molecule has 0 saturated carbocycles. The van der Waals surface area contributed by atoms with Gasteiger partial charge in [-0.1, -0.05) is 38.1 Å². The highest BCUT2D eigenvalue weighted by Gasteiger charge is 2.02. The lowest BCUT2D eigenvalue weighted by Crippen LogP contribution is -2.22. The molecule has 0 aromatic heterocycles. The molecule has 4 heteroatoms. The van der Waals surface area contributed by atoms with Crippen molar-refractivity contribution < 1.29 is 4.74 Å². The number of anilines is 1. The first-order valence-corrected chi connectivity index (χ1v) is 7.80. The van der Waals surface area contributed by atoms with E-state index in [0.29, 0.717) is 18.4 Å². The van der Waals surface area contributed by atoms with Gasteiger partial charge < -0.3 is 15.8 Å². The van der Waals surface area contributed by atoms with Crippen molar-refractivity contribution in [2.24, 2.45) is 10.7 Å². The van der Waals surface area contributed by atoms with Crippen LogP contribution in [0.4, 0.5) is 5.69 Å². The summed E-state index contributed by atoms with van der Waals surface area (Å²) in [5.74, 6) is 1.78. The van der Waals surface area contributed by atoms with Crippen molar-refractivity contribution in [3.63, 3.8) is 0 Å². The normalized spacial score (nSPS) is 11.6. The molecule has 0 unspecified atom stereocenters. The molecule has 2 aromatic carbocycles. The Morgan fingerprint density at radius 3 is 2.65 bits per heavy atom. The smallest absolute Gasteiger partial charge is 0.193 e. The van der Waals surface area contributed by atoms with Crippen LogP contribution in [0.15, 0.2) is 47.5 Å². The SMILES string of the molecule is COc1ccc(CN=C(N)Nc2cccc(C(C)C)c2)cc1C. The highest BCUT2D eigenvalue weighted by molar-refractivity contribution is 5.92. The largest absolute Gasteiger partial charge is 0.496 e. The van der Waals surface area contributed by atoms with Crippen LogP contribution in [-0.2, 0) is 6.54 Å². The van der Waals surface area contributed by atoms with E-state index in [9.17, 15) is 0 Å². The molecule has 0 aliphatic carbocycles. The number of nitrogens with one attached hydrogen (secondary N) is 1. The second kappa shape index (κ2) is 7.68. The van der Waals surface area contributed by atoms with Crippen molar-refractivity contribution >= 4 is 11.6 Å². The molecular formula is C19H25N3O. The summed E-state index contributed by atoms with van der Waals surface area (Å²) >= 11 is 0. The van der Waals surface area contributed by atoms with E-state index >= 15 is 0 Å². The average molecular weight is 311 g/mol. The Kier molecular flexibility index (Phi) is 5.63. The van der Waals surface area contributed by atoms with Crippen molar-refractivity contribution in [1.82, 2.24) is 0 Å². The van der Waals surface area contributed by atoms with Crippen LogP contribution in [0.1, 0.15) is 36.5 Å². The molecule has 0 aliphatic rings. The molecule has 0 spiro atoms. The van der Waals surface area contributed by atoms with Gasteiger partial charge in [0.1, 0.15) is 5.75 Å². The highest BCUT2D eigenvalue weighted by Crippen LogP contribution is 2.20. The summed E-state index contributed by atoms with van der Waals surface area (Å²) in [6, 6.07) is 14.3. The maximum Gasteiger partial charge on any atom is 0.193 e. The second-order valence-electron chi connectivity index (χ2n) is 5.91. The zero-order chi connectivity index (χ0) is 16.8. The average Bonchev–Trinajstić information content (AvgIpc) is 2.53. The second-order valence-corrected chi connectivity index (χ2v) is 5.91. The Labute approximate surface area is 138 Å². The van der Waals surface area contributed by atoms with Gasteiger partial charge in [0.25, 0.3) is 0 Å². The van der Waals surface area contributed by atoms with Gasteiger partial charge in [-0.05, 0) is 47.7 Å². The number of aliphatic imine (C=N–C) groups is 1. The van der Waals surface area contributed by atoms with E-state index in [4.69, 9.17) is 10.5 Å². The summed E-state index contributed by atoms with van der Waals surface area (Å²) in [4.78, 5) is 4.40. The Morgan fingerprint density at radius 1 is 1.22 bits per heavy atom. The minimum Gasteiger partial charge on any atom is -0.496 e. The molecule has 0 bridgehead atoms. The monoisotopic (exact) mass is 311 g/mol. The predicted octanol–water partition coefficient (Wildman–Crippen LogP) is 4.05. The van der Waals surface area contributed by atoms with Crippen LogP contribution >= 0.6 is 0 Å². The topological polar surface area (TPSA) is 59.6 Å². The van der Waals surface area contributed by atoms with E-state index in [1.54, 1.807) is 7.11 Å². The quantitative estimate of drug-likeness (QED) is 0.647. The molecular weight excluding hydrogens is 286 g/mol. The van der Waals surface area contributed by atoms with E-state index in [2.05, 4.69) is 42.4 Å². The summed E-state index contributed by atoms with van der Waals surface area (Å²) < 4.78 is 5.26. The molecule has 2 aromatic rings. The number of rotatable bonds is 5. The Hall–Kier alpha value is -2.49. The number of nitrogens with two attached hydrogens (primary N) is 1. The molecule has 0 heterocycles. The van der Waals surface area contributed by atoms with Crippen LogP contribution in [0.25, 0.3) is 0 Å². The minimum atomic E-state index is 0.416. The molecule has 122 valence electrons. The summed E-state index contributed by atoms with van der Waals surface area (Å²) in [6.45, 7) is 6.89. The van der Waals surface area contributed by atoms with Crippen molar-refractivity contribution in [2.45, 2.75) is 33.2 Å². The molecule has 2 rings (SSSR count).